The molecule has 1 atom stereocenters. The molecule has 2 amide bonds. The average Bonchev–Trinajstić information content (AvgIpc) is 2.54. The van der Waals surface area contributed by atoms with Crippen molar-refractivity contribution in [3.63, 3.8) is 0 Å². The third-order valence-corrected chi connectivity index (χ3v) is 3.61. The number of rotatable bonds is 6. The minimum absolute atomic E-state index is 0.0914. The molecule has 0 saturated heterocycles. The second kappa shape index (κ2) is 7.61. The Morgan fingerprint density at radius 3 is 2.48 bits per heavy atom. The molecule has 0 spiro atoms. The first-order valence-corrected chi connectivity index (χ1v) is 7.77. The lowest BCUT2D eigenvalue weighted by atomic mass is 10.1. The Morgan fingerprint density at radius 2 is 1.84 bits per heavy atom. The van der Waals surface area contributed by atoms with Gasteiger partial charge in [0.05, 0.1) is 5.56 Å². The summed E-state index contributed by atoms with van der Waals surface area (Å²) in [5, 5.41) is 2.69. The number of anilines is 1. The van der Waals surface area contributed by atoms with Gasteiger partial charge in [-0.3, -0.25) is 14.4 Å². The zero-order chi connectivity index (χ0) is 18.6. The summed E-state index contributed by atoms with van der Waals surface area (Å²) in [5.74, 6) is -0.867. The fourth-order valence-corrected chi connectivity index (χ4v) is 2.23. The Bertz CT molecular complexity index is 830. The van der Waals surface area contributed by atoms with Gasteiger partial charge in [-0.2, -0.15) is 0 Å². The number of nitrogens with one attached hydrogen (secondary N) is 1. The van der Waals surface area contributed by atoms with Crippen molar-refractivity contribution in [2.45, 2.75) is 26.9 Å². The van der Waals surface area contributed by atoms with Gasteiger partial charge < -0.3 is 15.8 Å². The van der Waals surface area contributed by atoms with Crippen LogP contribution in [-0.2, 0) is 4.79 Å². The highest BCUT2D eigenvalue weighted by Crippen LogP contribution is 2.22. The molecule has 0 saturated carbocycles. The molecule has 0 aromatic heterocycles. The van der Waals surface area contributed by atoms with Crippen molar-refractivity contribution in [1.82, 2.24) is 0 Å². The molecule has 0 heterocycles. The summed E-state index contributed by atoms with van der Waals surface area (Å²) in [6.07, 6.45) is -0.860. The summed E-state index contributed by atoms with van der Waals surface area (Å²) < 4.78 is 5.62. The summed E-state index contributed by atoms with van der Waals surface area (Å²) in [6, 6.07) is 11.6. The molecule has 6 heteroatoms. The number of benzene rings is 2. The Labute approximate surface area is 146 Å². The van der Waals surface area contributed by atoms with Gasteiger partial charge in [0.15, 0.2) is 11.9 Å². The molecule has 2 aromatic rings. The zero-order valence-corrected chi connectivity index (χ0v) is 14.3. The molecule has 0 fully saturated rings. The van der Waals surface area contributed by atoms with Crippen LogP contribution in [0.15, 0.2) is 42.5 Å². The van der Waals surface area contributed by atoms with Crippen LogP contribution in [0.4, 0.5) is 5.69 Å². The molecule has 0 aliphatic carbocycles. The lowest BCUT2D eigenvalue weighted by molar-refractivity contribution is -0.122. The molecule has 0 aliphatic rings. The molecule has 6 nitrogen and oxygen atoms in total. The quantitative estimate of drug-likeness (QED) is 0.790. The maximum atomic E-state index is 12.3. The summed E-state index contributed by atoms with van der Waals surface area (Å²) in [6.45, 7) is 4.86. The maximum absolute atomic E-state index is 12.3. The number of nitrogens with two attached hydrogens (primary N) is 1. The van der Waals surface area contributed by atoms with E-state index in [0.29, 0.717) is 11.3 Å². The van der Waals surface area contributed by atoms with Crippen LogP contribution in [0.3, 0.4) is 0 Å². The molecular weight excluding hydrogens is 320 g/mol. The summed E-state index contributed by atoms with van der Waals surface area (Å²) in [4.78, 5) is 35.2. The van der Waals surface area contributed by atoms with Gasteiger partial charge in [0.25, 0.3) is 11.8 Å². The first kappa shape index (κ1) is 18.2. The van der Waals surface area contributed by atoms with E-state index < -0.39 is 17.9 Å². The van der Waals surface area contributed by atoms with Gasteiger partial charge in [0.2, 0.25) is 0 Å². The monoisotopic (exact) mass is 340 g/mol. The number of hydrogen-bond donors (Lipinski definition) is 2. The van der Waals surface area contributed by atoms with Gasteiger partial charge >= 0.3 is 0 Å². The highest BCUT2D eigenvalue weighted by Gasteiger charge is 2.18. The fourth-order valence-electron chi connectivity index (χ4n) is 2.23. The Morgan fingerprint density at radius 1 is 1.12 bits per heavy atom. The number of aryl methyl sites for hydroxylation is 1. The fraction of sp³-hybridized carbons (Fsp3) is 0.211. The Balaban J connectivity index is 2.13. The van der Waals surface area contributed by atoms with E-state index in [9.17, 15) is 14.4 Å². The number of carbonyl (C=O) groups is 3. The van der Waals surface area contributed by atoms with Crippen LogP contribution in [0.5, 0.6) is 5.75 Å². The predicted molar refractivity (Wildman–Crippen MR) is 94.9 cm³/mol. The van der Waals surface area contributed by atoms with E-state index in [1.807, 2.05) is 6.92 Å². The second-order valence-electron chi connectivity index (χ2n) is 5.75. The number of Topliss-reactive ketones (excluding diaryl/α,β-unsaturated/α-hetero) is 1. The summed E-state index contributed by atoms with van der Waals surface area (Å²) in [5.41, 5.74) is 7.42. The van der Waals surface area contributed by atoms with E-state index in [1.165, 1.54) is 6.92 Å². The number of hydrogen-bond acceptors (Lipinski definition) is 4. The average molecular weight is 340 g/mol. The minimum atomic E-state index is -0.860. The van der Waals surface area contributed by atoms with Crippen molar-refractivity contribution in [3.05, 3.63) is 59.2 Å². The number of primary amides is 1. The van der Waals surface area contributed by atoms with Crippen molar-refractivity contribution < 1.29 is 19.1 Å². The van der Waals surface area contributed by atoms with E-state index in [0.717, 1.165) is 5.56 Å². The first-order chi connectivity index (χ1) is 11.8. The molecule has 130 valence electrons. The largest absolute Gasteiger partial charge is 0.480 e. The number of amides is 2. The summed E-state index contributed by atoms with van der Waals surface area (Å²) >= 11 is 0. The van der Waals surface area contributed by atoms with Crippen LogP contribution in [0.2, 0.25) is 0 Å². The number of ketones is 1. The third-order valence-electron chi connectivity index (χ3n) is 3.61. The van der Waals surface area contributed by atoms with Gasteiger partial charge in [0, 0.05) is 11.3 Å². The van der Waals surface area contributed by atoms with Gasteiger partial charge in [-0.15, -0.1) is 0 Å². The van der Waals surface area contributed by atoms with Crippen molar-refractivity contribution in [1.29, 1.82) is 0 Å². The molecule has 0 unspecified atom stereocenters. The van der Waals surface area contributed by atoms with E-state index in [2.05, 4.69) is 5.32 Å². The van der Waals surface area contributed by atoms with E-state index in [-0.39, 0.29) is 17.1 Å². The van der Waals surface area contributed by atoms with Crippen molar-refractivity contribution >= 4 is 23.3 Å². The third kappa shape index (κ3) is 4.67. The van der Waals surface area contributed by atoms with Crippen LogP contribution in [-0.4, -0.2) is 23.7 Å². The highest BCUT2D eigenvalue weighted by atomic mass is 16.5. The normalized spacial score (nSPS) is 11.5. The molecular formula is C19H20N2O4. The van der Waals surface area contributed by atoms with Crippen molar-refractivity contribution in [3.8, 4) is 5.75 Å². The van der Waals surface area contributed by atoms with E-state index >= 15 is 0 Å². The highest BCUT2D eigenvalue weighted by molar-refractivity contribution is 5.98. The van der Waals surface area contributed by atoms with Gasteiger partial charge in [-0.25, -0.2) is 0 Å². The molecule has 0 bridgehead atoms. The van der Waals surface area contributed by atoms with Crippen LogP contribution in [0, 0.1) is 6.92 Å². The van der Waals surface area contributed by atoms with Gasteiger partial charge in [-0.05, 0) is 50.6 Å². The first-order valence-electron chi connectivity index (χ1n) is 7.77. The molecule has 0 aliphatic heterocycles. The van der Waals surface area contributed by atoms with Crippen LogP contribution >= 0.6 is 0 Å². The number of carbonyl (C=O) groups excluding carboxylic acids is 3. The SMILES string of the molecule is CC(=O)c1cccc(NC(=O)[C@@H](C)Oc2cc(C)ccc2C(N)=O)c1. The molecule has 2 rings (SSSR count). The smallest absolute Gasteiger partial charge is 0.265 e. The van der Waals surface area contributed by atoms with E-state index in [1.54, 1.807) is 49.4 Å². The summed E-state index contributed by atoms with van der Waals surface area (Å²) in [7, 11) is 0. The van der Waals surface area contributed by atoms with Crippen LogP contribution in [0.1, 0.15) is 40.1 Å². The topological polar surface area (TPSA) is 98.5 Å². The molecule has 2 aromatic carbocycles. The van der Waals surface area contributed by atoms with Crippen molar-refractivity contribution in [2.75, 3.05) is 5.32 Å². The van der Waals surface area contributed by atoms with E-state index in [4.69, 9.17) is 10.5 Å². The predicted octanol–water partition coefficient (Wildman–Crippen LogP) is 2.70. The van der Waals surface area contributed by atoms with Gasteiger partial charge in [-0.1, -0.05) is 18.2 Å². The van der Waals surface area contributed by atoms with Gasteiger partial charge in [0.1, 0.15) is 5.75 Å². The standard InChI is InChI=1S/C19H20N2O4/c1-11-7-8-16(18(20)23)17(9-11)25-13(3)19(24)21-15-6-4-5-14(10-15)12(2)22/h4-10,13H,1-3H3,(H2,20,23)(H,21,24)/t13-/m1/s1. The number of ether oxygens (including phenoxy) is 1. The Hall–Kier alpha value is -3.15. The van der Waals surface area contributed by atoms with Crippen LogP contribution < -0.4 is 15.8 Å². The Kier molecular flexibility index (Phi) is 5.54. The lowest BCUT2D eigenvalue weighted by Gasteiger charge is -2.17. The molecule has 25 heavy (non-hydrogen) atoms. The lowest BCUT2D eigenvalue weighted by Crippen LogP contribution is -2.31. The van der Waals surface area contributed by atoms with Crippen LogP contribution in [0.25, 0.3) is 0 Å². The minimum Gasteiger partial charge on any atom is -0.480 e. The maximum Gasteiger partial charge on any atom is 0.265 e. The molecule has 3 N–H and O–H groups in total. The second-order valence-corrected chi connectivity index (χ2v) is 5.75. The van der Waals surface area contributed by atoms with Crippen molar-refractivity contribution in [2.24, 2.45) is 5.73 Å². The zero-order valence-electron chi connectivity index (χ0n) is 14.3. The molecule has 0 radical (unpaired) electrons.